The van der Waals surface area contributed by atoms with Crippen molar-refractivity contribution >= 4 is 15.5 Å². The normalized spacial score (nSPS) is 22.4. The van der Waals surface area contributed by atoms with Crippen molar-refractivity contribution in [1.29, 1.82) is 0 Å². The molecule has 2 rings (SSSR count). The van der Waals surface area contributed by atoms with E-state index in [1.807, 2.05) is 31.9 Å². The van der Waals surface area contributed by atoms with Crippen molar-refractivity contribution in [3.8, 4) is 0 Å². The van der Waals surface area contributed by atoms with Crippen molar-refractivity contribution in [3.63, 3.8) is 0 Å². The van der Waals surface area contributed by atoms with E-state index in [1.54, 1.807) is 6.07 Å². The molecule has 17 heavy (non-hydrogen) atoms. The summed E-state index contributed by atoms with van der Waals surface area (Å²) >= 11 is 0. The van der Waals surface area contributed by atoms with Crippen LogP contribution in [0.15, 0.2) is 17.0 Å². The Morgan fingerprint density at radius 3 is 2.65 bits per heavy atom. The minimum Gasteiger partial charge on any atom is -0.394 e. The number of aliphatic hydroxyl groups is 1. The summed E-state index contributed by atoms with van der Waals surface area (Å²) in [5.41, 5.74) is 2.76. The zero-order valence-corrected chi connectivity index (χ0v) is 11.1. The fourth-order valence-electron chi connectivity index (χ4n) is 2.28. The lowest BCUT2D eigenvalue weighted by atomic mass is 10.1. The first kappa shape index (κ1) is 12.4. The summed E-state index contributed by atoms with van der Waals surface area (Å²) in [5.74, 6) is -0.0184. The largest absolute Gasteiger partial charge is 0.394 e. The SMILES string of the molecule is Cc1ccc2c(c1C)N(C)C(CO)CS2(=O)=O. The summed E-state index contributed by atoms with van der Waals surface area (Å²) in [4.78, 5) is 2.26. The van der Waals surface area contributed by atoms with E-state index in [4.69, 9.17) is 0 Å². The van der Waals surface area contributed by atoms with E-state index in [2.05, 4.69) is 0 Å². The second-order valence-electron chi connectivity index (χ2n) is 4.58. The van der Waals surface area contributed by atoms with Gasteiger partial charge in [-0.15, -0.1) is 0 Å². The van der Waals surface area contributed by atoms with Crippen LogP contribution < -0.4 is 4.90 Å². The number of rotatable bonds is 1. The monoisotopic (exact) mass is 255 g/mol. The Labute approximate surface area is 102 Å². The van der Waals surface area contributed by atoms with Crippen LogP contribution >= 0.6 is 0 Å². The van der Waals surface area contributed by atoms with E-state index < -0.39 is 9.84 Å². The van der Waals surface area contributed by atoms with Gasteiger partial charge in [-0.2, -0.15) is 0 Å². The third-order valence-electron chi connectivity index (χ3n) is 3.52. The maximum absolute atomic E-state index is 12.1. The van der Waals surface area contributed by atoms with Crippen LogP contribution in [-0.4, -0.2) is 39.0 Å². The highest BCUT2D eigenvalue weighted by atomic mass is 32.2. The summed E-state index contributed by atoms with van der Waals surface area (Å²) in [6.07, 6.45) is 0. The molecule has 5 heteroatoms. The minimum atomic E-state index is -3.28. The maximum atomic E-state index is 12.1. The smallest absolute Gasteiger partial charge is 0.182 e. The van der Waals surface area contributed by atoms with Gasteiger partial charge in [-0.1, -0.05) is 6.07 Å². The summed E-state index contributed by atoms with van der Waals surface area (Å²) in [6, 6.07) is 3.14. The number of benzene rings is 1. The molecule has 1 aliphatic rings. The molecule has 0 bridgehead atoms. The molecule has 0 spiro atoms. The molecule has 0 fully saturated rings. The highest BCUT2D eigenvalue weighted by Gasteiger charge is 2.34. The van der Waals surface area contributed by atoms with Crippen LogP contribution in [0.4, 0.5) is 5.69 Å². The second-order valence-corrected chi connectivity index (χ2v) is 6.59. The lowest BCUT2D eigenvalue weighted by Crippen LogP contribution is -2.45. The van der Waals surface area contributed by atoms with Crippen molar-refractivity contribution in [2.45, 2.75) is 24.8 Å². The third-order valence-corrected chi connectivity index (χ3v) is 5.35. The molecule has 0 aliphatic carbocycles. The average Bonchev–Trinajstić information content (AvgIpc) is 2.27. The van der Waals surface area contributed by atoms with E-state index in [-0.39, 0.29) is 18.4 Å². The highest BCUT2D eigenvalue weighted by molar-refractivity contribution is 7.91. The van der Waals surface area contributed by atoms with Crippen molar-refractivity contribution in [3.05, 3.63) is 23.3 Å². The predicted octanol–water partition coefficient (Wildman–Crippen LogP) is 0.888. The van der Waals surface area contributed by atoms with Gasteiger partial charge >= 0.3 is 0 Å². The predicted molar refractivity (Wildman–Crippen MR) is 67.2 cm³/mol. The number of aliphatic hydroxyl groups excluding tert-OH is 1. The molecule has 1 unspecified atom stereocenters. The van der Waals surface area contributed by atoms with E-state index in [9.17, 15) is 13.5 Å². The molecule has 4 nitrogen and oxygen atoms in total. The van der Waals surface area contributed by atoms with Crippen LogP contribution in [0.5, 0.6) is 0 Å². The van der Waals surface area contributed by atoms with Crippen molar-refractivity contribution < 1.29 is 13.5 Å². The molecule has 0 radical (unpaired) electrons. The highest BCUT2D eigenvalue weighted by Crippen LogP contribution is 2.36. The van der Waals surface area contributed by atoms with Gasteiger partial charge in [-0.25, -0.2) is 8.42 Å². The fraction of sp³-hybridized carbons (Fsp3) is 0.500. The second kappa shape index (κ2) is 3.99. The minimum absolute atomic E-state index is 0.0184. The zero-order valence-electron chi connectivity index (χ0n) is 10.3. The van der Waals surface area contributed by atoms with Gasteiger partial charge < -0.3 is 10.0 Å². The molecular weight excluding hydrogens is 238 g/mol. The number of hydrogen-bond donors (Lipinski definition) is 1. The topological polar surface area (TPSA) is 57.6 Å². The number of fused-ring (bicyclic) bond motifs is 1. The molecule has 0 saturated carbocycles. The molecule has 0 aromatic heterocycles. The zero-order chi connectivity index (χ0) is 12.8. The number of anilines is 1. The number of sulfone groups is 1. The number of nitrogens with zero attached hydrogens (tertiary/aromatic N) is 1. The lowest BCUT2D eigenvalue weighted by molar-refractivity contribution is 0.269. The summed E-state index contributed by atoms with van der Waals surface area (Å²) in [5, 5.41) is 9.27. The molecule has 1 aromatic rings. The van der Waals surface area contributed by atoms with Gasteiger partial charge in [0.15, 0.2) is 9.84 Å². The third kappa shape index (κ3) is 1.83. The number of likely N-dealkylation sites (N-methyl/N-ethyl adjacent to an activating group) is 1. The van der Waals surface area contributed by atoms with E-state index >= 15 is 0 Å². The summed E-state index contributed by atoms with van der Waals surface area (Å²) in [6.45, 7) is 3.72. The Morgan fingerprint density at radius 2 is 2.06 bits per heavy atom. The summed E-state index contributed by atoms with van der Waals surface area (Å²) in [7, 11) is -1.44. The van der Waals surface area contributed by atoms with Gasteiger partial charge in [0.05, 0.1) is 29.0 Å². The van der Waals surface area contributed by atoms with Crippen LogP contribution in [0.2, 0.25) is 0 Å². The Morgan fingerprint density at radius 1 is 1.41 bits per heavy atom. The van der Waals surface area contributed by atoms with Gasteiger partial charge in [0.2, 0.25) is 0 Å². The first-order chi connectivity index (χ1) is 7.88. The van der Waals surface area contributed by atoms with E-state index in [1.165, 1.54) is 0 Å². The Bertz CT molecular complexity index is 551. The standard InChI is InChI=1S/C12H17NO3S/c1-8-4-5-11-12(9(8)2)13(3)10(6-14)7-17(11,15)16/h4-5,10,14H,6-7H2,1-3H3. The maximum Gasteiger partial charge on any atom is 0.182 e. The van der Waals surface area contributed by atoms with Crippen LogP contribution in [-0.2, 0) is 9.84 Å². The van der Waals surface area contributed by atoms with Gasteiger partial charge in [0.1, 0.15) is 0 Å². The fourth-order valence-corrected chi connectivity index (χ4v) is 4.16. The average molecular weight is 255 g/mol. The molecule has 0 amide bonds. The van der Waals surface area contributed by atoms with E-state index in [0.29, 0.717) is 4.90 Å². The molecule has 1 atom stereocenters. The van der Waals surface area contributed by atoms with Crippen LogP contribution in [0, 0.1) is 13.8 Å². The molecule has 1 heterocycles. The van der Waals surface area contributed by atoms with Crippen molar-refractivity contribution in [2.24, 2.45) is 0 Å². The number of hydrogen-bond acceptors (Lipinski definition) is 4. The van der Waals surface area contributed by atoms with Gasteiger partial charge in [-0.3, -0.25) is 0 Å². The molecule has 94 valence electrons. The number of aryl methyl sites for hydroxylation is 1. The molecule has 0 saturated heterocycles. The van der Waals surface area contributed by atoms with Crippen molar-refractivity contribution in [1.82, 2.24) is 0 Å². The molecule has 1 aliphatic heterocycles. The first-order valence-electron chi connectivity index (χ1n) is 5.55. The molecule has 1 aromatic carbocycles. The van der Waals surface area contributed by atoms with E-state index in [0.717, 1.165) is 16.8 Å². The van der Waals surface area contributed by atoms with Crippen LogP contribution in [0.25, 0.3) is 0 Å². The van der Waals surface area contributed by atoms with Gasteiger partial charge in [0, 0.05) is 7.05 Å². The van der Waals surface area contributed by atoms with Crippen molar-refractivity contribution in [2.75, 3.05) is 24.3 Å². The quantitative estimate of drug-likeness (QED) is 0.809. The van der Waals surface area contributed by atoms with Crippen LogP contribution in [0.3, 0.4) is 0 Å². The van der Waals surface area contributed by atoms with Gasteiger partial charge in [0.25, 0.3) is 0 Å². The molecular formula is C12H17NO3S. The van der Waals surface area contributed by atoms with Gasteiger partial charge in [-0.05, 0) is 31.0 Å². The Hall–Kier alpha value is -1.07. The first-order valence-corrected chi connectivity index (χ1v) is 7.20. The Kier molecular flexibility index (Phi) is 2.91. The Balaban J connectivity index is 2.73. The lowest BCUT2D eigenvalue weighted by Gasteiger charge is -2.36. The van der Waals surface area contributed by atoms with Crippen LogP contribution in [0.1, 0.15) is 11.1 Å². The summed E-state index contributed by atoms with van der Waals surface area (Å²) < 4.78 is 24.2. The molecule has 1 N–H and O–H groups in total.